The van der Waals surface area contributed by atoms with Crippen LogP contribution < -0.4 is 14.8 Å². The quantitative estimate of drug-likeness (QED) is 0.766. The van der Waals surface area contributed by atoms with Crippen LogP contribution in [0.5, 0.6) is 11.5 Å². The molecular formula is C20H23NO5. The average Bonchev–Trinajstić information content (AvgIpc) is 2.66. The Bertz CT molecular complexity index is 788. The number of hydrogen-bond donors (Lipinski definition) is 1. The van der Waals surface area contributed by atoms with E-state index in [4.69, 9.17) is 14.2 Å². The van der Waals surface area contributed by atoms with Gasteiger partial charge in [-0.2, -0.15) is 0 Å². The molecule has 0 aliphatic carbocycles. The fourth-order valence-corrected chi connectivity index (χ4v) is 2.69. The molecule has 0 aromatic heterocycles. The van der Waals surface area contributed by atoms with Gasteiger partial charge in [0, 0.05) is 12.5 Å². The van der Waals surface area contributed by atoms with Crippen molar-refractivity contribution in [1.29, 1.82) is 0 Å². The summed E-state index contributed by atoms with van der Waals surface area (Å²) in [5.41, 5.74) is 1.65. The topological polar surface area (TPSA) is 73.9 Å². The van der Waals surface area contributed by atoms with Crippen LogP contribution in [-0.4, -0.2) is 33.2 Å². The summed E-state index contributed by atoms with van der Waals surface area (Å²) >= 11 is 0. The van der Waals surface area contributed by atoms with Gasteiger partial charge in [0.1, 0.15) is 11.5 Å². The van der Waals surface area contributed by atoms with E-state index in [1.165, 1.54) is 7.11 Å². The summed E-state index contributed by atoms with van der Waals surface area (Å²) in [4.78, 5) is 24.3. The molecule has 1 N–H and O–H groups in total. The number of amides is 1. The number of carbonyl (C=O) groups excluding carboxylic acids is 2. The summed E-state index contributed by atoms with van der Waals surface area (Å²) in [7, 11) is 4.47. The molecular weight excluding hydrogens is 334 g/mol. The maximum Gasteiger partial charge on any atom is 0.339 e. The van der Waals surface area contributed by atoms with E-state index < -0.39 is 5.97 Å². The minimum Gasteiger partial charge on any atom is -0.497 e. The number of anilines is 1. The third-order valence-corrected chi connectivity index (χ3v) is 4.07. The maximum atomic E-state index is 12.5. The highest BCUT2D eigenvalue weighted by Crippen LogP contribution is 2.32. The Morgan fingerprint density at radius 2 is 1.77 bits per heavy atom. The molecule has 0 fully saturated rings. The van der Waals surface area contributed by atoms with E-state index in [2.05, 4.69) is 5.32 Å². The summed E-state index contributed by atoms with van der Waals surface area (Å²) < 4.78 is 15.3. The Balaban J connectivity index is 2.12. The molecule has 1 atom stereocenters. The van der Waals surface area contributed by atoms with Gasteiger partial charge in [-0.3, -0.25) is 4.79 Å². The van der Waals surface area contributed by atoms with Gasteiger partial charge in [-0.25, -0.2) is 4.79 Å². The van der Waals surface area contributed by atoms with Gasteiger partial charge in [-0.05, 0) is 29.7 Å². The first kappa shape index (κ1) is 19.3. The van der Waals surface area contributed by atoms with Crippen molar-refractivity contribution in [2.45, 2.75) is 19.3 Å². The number of nitrogens with one attached hydrogen (secondary N) is 1. The zero-order valence-corrected chi connectivity index (χ0v) is 15.4. The van der Waals surface area contributed by atoms with Crippen LogP contribution in [0.3, 0.4) is 0 Å². The lowest BCUT2D eigenvalue weighted by molar-refractivity contribution is -0.116. The van der Waals surface area contributed by atoms with E-state index in [0.717, 1.165) is 5.56 Å². The molecule has 0 saturated heterocycles. The van der Waals surface area contributed by atoms with E-state index in [1.807, 2.05) is 19.1 Å². The van der Waals surface area contributed by atoms with Crippen molar-refractivity contribution in [2.24, 2.45) is 0 Å². The second-order valence-corrected chi connectivity index (χ2v) is 5.80. The number of hydrogen-bond acceptors (Lipinski definition) is 5. The third-order valence-electron chi connectivity index (χ3n) is 4.07. The lowest BCUT2D eigenvalue weighted by atomic mass is 9.96. The molecule has 0 bridgehead atoms. The molecule has 1 unspecified atom stereocenters. The van der Waals surface area contributed by atoms with Gasteiger partial charge in [0.15, 0.2) is 0 Å². The number of rotatable bonds is 7. The molecule has 2 rings (SSSR count). The summed E-state index contributed by atoms with van der Waals surface area (Å²) in [6.45, 7) is 1.94. The summed E-state index contributed by atoms with van der Waals surface area (Å²) in [5.74, 6) is 0.576. The van der Waals surface area contributed by atoms with Crippen molar-refractivity contribution in [1.82, 2.24) is 0 Å². The number of ether oxygens (including phenoxy) is 3. The van der Waals surface area contributed by atoms with E-state index in [1.54, 1.807) is 44.6 Å². The molecule has 26 heavy (non-hydrogen) atoms. The Morgan fingerprint density at radius 3 is 2.42 bits per heavy atom. The summed E-state index contributed by atoms with van der Waals surface area (Å²) in [6.07, 6.45) is 0.234. The highest BCUT2D eigenvalue weighted by Gasteiger charge is 2.18. The van der Waals surface area contributed by atoms with E-state index in [-0.39, 0.29) is 18.2 Å². The molecule has 0 saturated carbocycles. The van der Waals surface area contributed by atoms with Crippen molar-refractivity contribution in [2.75, 3.05) is 26.6 Å². The highest BCUT2D eigenvalue weighted by atomic mass is 16.5. The zero-order chi connectivity index (χ0) is 19.1. The van der Waals surface area contributed by atoms with Gasteiger partial charge < -0.3 is 19.5 Å². The van der Waals surface area contributed by atoms with Crippen LogP contribution in [0.1, 0.15) is 35.2 Å². The first-order chi connectivity index (χ1) is 12.5. The first-order valence-electron chi connectivity index (χ1n) is 8.19. The van der Waals surface area contributed by atoms with Crippen LogP contribution in [0.2, 0.25) is 0 Å². The molecule has 2 aromatic carbocycles. The lowest BCUT2D eigenvalue weighted by Crippen LogP contribution is -2.17. The van der Waals surface area contributed by atoms with E-state index in [0.29, 0.717) is 22.7 Å². The average molecular weight is 357 g/mol. The molecule has 0 heterocycles. The largest absolute Gasteiger partial charge is 0.497 e. The monoisotopic (exact) mass is 357 g/mol. The number of methoxy groups -OCH3 is 3. The first-order valence-corrected chi connectivity index (χ1v) is 8.19. The van der Waals surface area contributed by atoms with Gasteiger partial charge in [-0.1, -0.05) is 25.1 Å². The molecule has 6 heteroatoms. The Labute approximate surface area is 153 Å². The summed E-state index contributed by atoms with van der Waals surface area (Å²) in [6, 6.07) is 12.2. The van der Waals surface area contributed by atoms with Gasteiger partial charge >= 0.3 is 5.97 Å². The predicted molar refractivity (Wildman–Crippen MR) is 99.0 cm³/mol. The lowest BCUT2D eigenvalue weighted by Gasteiger charge is -2.17. The molecule has 1 amide bonds. The van der Waals surface area contributed by atoms with Crippen molar-refractivity contribution < 1.29 is 23.8 Å². The number of carbonyl (C=O) groups is 2. The molecule has 0 radical (unpaired) electrons. The van der Waals surface area contributed by atoms with E-state index >= 15 is 0 Å². The molecule has 6 nitrogen and oxygen atoms in total. The van der Waals surface area contributed by atoms with Gasteiger partial charge in [0.2, 0.25) is 5.91 Å². The van der Waals surface area contributed by atoms with Crippen LogP contribution >= 0.6 is 0 Å². The van der Waals surface area contributed by atoms with Crippen molar-refractivity contribution in [3.05, 3.63) is 53.6 Å². The Kier molecular flexibility index (Phi) is 6.60. The zero-order valence-electron chi connectivity index (χ0n) is 15.4. The van der Waals surface area contributed by atoms with Crippen molar-refractivity contribution in [3.8, 4) is 11.5 Å². The fraction of sp³-hybridized carbons (Fsp3) is 0.300. The minimum absolute atomic E-state index is 0.0823. The summed E-state index contributed by atoms with van der Waals surface area (Å²) in [5, 5.41) is 2.78. The second kappa shape index (κ2) is 8.89. The van der Waals surface area contributed by atoms with Crippen LogP contribution in [-0.2, 0) is 9.53 Å². The number of esters is 1. The van der Waals surface area contributed by atoms with Crippen molar-refractivity contribution >= 4 is 17.6 Å². The van der Waals surface area contributed by atoms with Crippen molar-refractivity contribution in [3.63, 3.8) is 0 Å². The molecule has 0 aliphatic heterocycles. The number of benzene rings is 2. The Hall–Kier alpha value is -3.02. The molecule has 0 spiro atoms. The van der Waals surface area contributed by atoms with Crippen LogP contribution in [0.15, 0.2) is 42.5 Å². The molecule has 2 aromatic rings. The minimum atomic E-state index is -0.495. The second-order valence-electron chi connectivity index (χ2n) is 5.80. The molecule has 138 valence electrons. The normalized spacial score (nSPS) is 11.4. The fourth-order valence-electron chi connectivity index (χ4n) is 2.69. The van der Waals surface area contributed by atoms with Crippen LogP contribution in [0.25, 0.3) is 0 Å². The predicted octanol–water partition coefficient (Wildman–Crippen LogP) is 3.62. The van der Waals surface area contributed by atoms with E-state index in [9.17, 15) is 9.59 Å². The van der Waals surface area contributed by atoms with Gasteiger partial charge in [-0.15, -0.1) is 0 Å². The highest BCUT2D eigenvalue weighted by molar-refractivity contribution is 6.01. The Morgan fingerprint density at radius 1 is 1.04 bits per heavy atom. The van der Waals surface area contributed by atoms with Crippen LogP contribution in [0.4, 0.5) is 5.69 Å². The van der Waals surface area contributed by atoms with Gasteiger partial charge in [0.25, 0.3) is 0 Å². The SMILES string of the molecule is COC(=O)c1ccccc1NC(=O)CC(C)c1ccc(OC)cc1OC. The smallest absolute Gasteiger partial charge is 0.339 e. The standard InChI is InChI=1S/C20H23NO5/c1-13(15-10-9-14(24-2)12-18(15)25-3)11-19(22)21-17-8-6-5-7-16(17)20(23)26-4/h5-10,12-13H,11H2,1-4H3,(H,21,22). The maximum absolute atomic E-state index is 12.5. The van der Waals surface area contributed by atoms with Gasteiger partial charge in [0.05, 0.1) is 32.6 Å². The third kappa shape index (κ3) is 4.53. The number of para-hydroxylation sites is 1. The molecule has 0 aliphatic rings. The van der Waals surface area contributed by atoms with Crippen LogP contribution in [0, 0.1) is 0 Å².